The highest BCUT2D eigenvalue weighted by atomic mass is 32.2. The van der Waals surface area contributed by atoms with E-state index < -0.39 is 83.3 Å². The molecule has 6 N–H and O–H groups in total. The molecular weight excluding hydrogens is 991 g/mol. The molecule has 2 aromatic heterocycles. The van der Waals surface area contributed by atoms with Crippen LogP contribution in [0.2, 0.25) is 0 Å². The van der Waals surface area contributed by atoms with E-state index in [1.807, 2.05) is 0 Å². The van der Waals surface area contributed by atoms with Gasteiger partial charge in [0.25, 0.3) is 23.6 Å². The monoisotopic (exact) mass is 1050 g/mol. The van der Waals surface area contributed by atoms with Gasteiger partial charge in [0.05, 0.1) is 37.3 Å². The molecule has 6 amide bonds. The van der Waals surface area contributed by atoms with Crippen molar-refractivity contribution in [3.63, 3.8) is 0 Å². The Morgan fingerprint density at radius 2 is 1.14 bits per heavy atom. The second-order valence-electron chi connectivity index (χ2n) is 16.5. The lowest BCUT2D eigenvalue weighted by molar-refractivity contribution is -0.152. The van der Waals surface area contributed by atoms with E-state index in [-0.39, 0.29) is 65.2 Å². The third-order valence-corrected chi connectivity index (χ3v) is 11.6. The molecule has 0 unspecified atom stereocenters. The first-order chi connectivity index (χ1) is 34.8. The Kier molecular flexibility index (Phi) is 26.8. The average molecular weight is 1060 g/mol. The van der Waals surface area contributed by atoms with Crippen LogP contribution in [0, 0.1) is 11.6 Å². The van der Waals surface area contributed by atoms with Crippen molar-refractivity contribution in [3.8, 4) is 0 Å². The molecule has 0 saturated heterocycles. The zero-order valence-corrected chi connectivity index (χ0v) is 43.2. The zero-order valence-electron chi connectivity index (χ0n) is 41.5. The summed E-state index contributed by atoms with van der Waals surface area (Å²) in [6.45, 7) is 7.66. The van der Waals surface area contributed by atoms with Gasteiger partial charge in [-0.2, -0.15) is 12.6 Å². The summed E-state index contributed by atoms with van der Waals surface area (Å²) in [6.07, 6.45) is 14.1. The molecule has 4 rings (SSSR count). The van der Waals surface area contributed by atoms with E-state index in [0.717, 1.165) is 49.9 Å². The molecule has 4 bridgehead atoms. The van der Waals surface area contributed by atoms with Crippen LogP contribution in [-0.4, -0.2) is 98.3 Å². The van der Waals surface area contributed by atoms with E-state index in [0.29, 0.717) is 30.8 Å². The first-order valence-electron chi connectivity index (χ1n) is 23.8. The molecule has 0 aromatic carbocycles. The number of amides is 6. The predicted octanol–water partition coefficient (Wildman–Crippen LogP) is 5.02. The summed E-state index contributed by atoms with van der Waals surface area (Å²) in [4.78, 5) is 121. The molecule has 0 spiro atoms. The topological polar surface area (TPSA) is 270 Å². The summed E-state index contributed by atoms with van der Waals surface area (Å²) >= 11 is 5.36. The maximum absolute atomic E-state index is 14.2. The number of nitrogens with zero attached hydrogens (tertiary/aromatic N) is 2. The van der Waals surface area contributed by atoms with Crippen LogP contribution in [0.15, 0.2) is 72.1 Å². The number of cyclic esters (lactones) is 2. The number of fused-ring (bicyclic) bond motifs is 4. The maximum atomic E-state index is 14.2. The van der Waals surface area contributed by atoms with E-state index in [2.05, 4.69) is 61.4 Å². The van der Waals surface area contributed by atoms with E-state index in [9.17, 15) is 51.9 Å². The number of nitrogens with one attached hydrogen (secondary N) is 6. The second kappa shape index (κ2) is 32.3. The van der Waals surface area contributed by atoms with Crippen molar-refractivity contribution >= 4 is 76.9 Å². The Bertz CT molecular complexity index is 2430. The van der Waals surface area contributed by atoms with Gasteiger partial charge in [-0.1, -0.05) is 68.7 Å². The molecule has 0 aliphatic carbocycles. The van der Waals surface area contributed by atoms with Crippen molar-refractivity contribution in [1.82, 2.24) is 41.9 Å². The number of halogens is 2. The highest BCUT2D eigenvalue weighted by Gasteiger charge is 2.27. The largest absolute Gasteiger partial charge is 0.456 e. The summed E-state index contributed by atoms with van der Waals surface area (Å²) in [5.74, 6) is -6.01. The molecule has 396 valence electrons. The Labute approximate surface area is 432 Å². The van der Waals surface area contributed by atoms with Crippen molar-refractivity contribution in [1.29, 1.82) is 0 Å². The van der Waals surface area contributed by atoms with Gasteiger partial charge >= 0.3 is 11.9 Å². The summed E-state index contributed by atoms with van der Waals surface area (Å²) in [5, 5.41) is 14.9. The van der Waals surface area contributed by atoms with Crippen molar-refractivity contribution < 1.29 is 61.4 Å². The molecule has 0 fully saturated rings. The van der Waals surface area contributed by atoms with Gasteiger partial charge in [0.2, 0.25) is 11.8 Å². The van der Waals surface area contributed by atoms with Gasteiger partial charge in [0.1, 0.15) is 58.7 Å². The van der Waals surface area contributed by atoms with E-state index in [1.165, 1.54) is 58.0 Å². The third kappa shape index (κ3) is 22.7. The van der Waals surface area contributed by atoms with Crippen LogP contribution in [0.5, 0.6) is 0 Å². The summed E-state index contributed by atoms with van der Waals surface area (Å²) in [6, 6.07) is 1.81. The highest BCUT2D eigenvalue weighted by Crippen LogP contribution is 2.15. The van der Waals surface area contributed by atoms with E-state index in [4.69, 9.17) is 9.47 Å². The molecule has 23 heteroatoms. The number of rotatable bonds is 13. The molecule has 4 heterocycles. The minimum absolute atomic E-state index is 0.0897. The van der Waals surface area contributed by atoms with Crippen LogP contribution in [0.25, 0.3) is 0 Å². The molecule has 2 aliphatic heterocycles. The lowest BCUT2D eigenvalue weighted by atomic mass is 10.1. The zero-order chi connectivity index (χ0) is 53.9. The molecule has 0 saturated carbocycles. The van der Waals surface area contributed by atoms with E-state index >= 15 is 0 Å². The lowest BCUT2D eigenvalue weighted by Crippen LogP contribution is -2.44. The predicted molar refractivity (Wildman–Crippen MR) is 271 cm³/mol. The number of hydrogen-bond donors (Lipinski definition) is 7. The SMILES string of the molecule is C/C=C1\NC(=O)c2cc(F)cc(n2)CNC(=O)C[C@@H](/C=C/CCS)OC(=O)[C@H](C)NC1=O.C/C=C1\NC(=O)c2cc(F)cc(n2)CNC(=O)C[C@@H](/C=C/CCSC(=O)CCCCCCC)OC(=O)[C@H](C)NC1=O. The Balaban J connectivity index is 0.000000397. The maximum Gasteiger partial charge on any atom is 0.328 e. The van der Waals surface area contributed by atoms with Crippen molar-refractivity contribution in [2.24, 2.45) is 0 Å². The minimum atomic E-state index is -1.11. The Morgan fingerprint density at radius 3 is 1.58 bits per heavy atom. The van der Waals surface area contributed by atoms with Crippen molar-refractivity contribution in [3.05, 3.63) is 107 Å². The standard InChI is InChI=1S/C29H39FN4O6S.C21H25FN4O5S/c1-4-6-7-8-9-13-26(36)41-14-11-10-12-22-17-25(35)31-18-21-15-20(30)16-24(33-21)28(38)34-23(5-2)27(37)32-19(3)29(39)40-22;1-3-16-19(28)24-12(2)21(30)31-15(6-4-5-7-32)10-18(27)23-11-14-8-13(22)9-17(25-14)20(29)26-16/h5,10,12,15-16,19,22H,4,6-9,11,13-14,17-18H2,1-3H3,(H,31,35)(H,32,37)(H,34,38);3-4,6,8-9,12,15,32H,5,7,10-11H2,1-2H3,(H,23,27)(H,24,28)(H,26,29)/b12-10+,23-5-;6-4+,16-3-/t19-,22+;12-,15+/m00/s1. The number of thioether (sulfide) groups is 1. The quantitative estimate of drug-likeness (QED) is 0.0457. The fraction of sp³-hybridized carbons (Fsp3) is 0.460. The lowest BCUT2D eigenvalue weighted by Gasteiger charge is -2.19. The molecule has 2 aromatic rings. The fourth-order valence-electron chi connectivity index (χ4n) is 6.52. The Morgan fingerprint density at radius 1 is 0.685 bits per heavy atom. The number of allylic oxidation sites excluding steroid dienone is 4. The number of esters is 2. The van der Waals surface area contributed by atoms with Gasteiger partial charge in [0, 0.05) is 24.3 Å². The second-order valence-corrected chi connectivity index (χ2v) is 18.1. The summed E-state index contributed by atoms with van der Waals surface area (Å²) < 4.78 is 39.0. The van der Waals surface area contributed by atoms with Gasteiger partial charge in [0.15, 0.2) is 5.12 Å². The first kappa shape index (κ1) is 60.6. The van der Waals surface area contributed by atoms with Gasteiger partial charge < -0.3 is 41.4 Å². The average Bonchev–Trinajstić information content (AvgIpc) is 3.34. The number of thiol groups is 1. The molecule has 4 atom stereocenters. The van der Waals surface area contributed by atoms with Crippen LogP contribution in [0.1, 0.15) is 131 Å². The minimum Gasteiger partial charge on any atom is -0.456 e. The molecule has 73 heavy (non-hydrogen) atoms. The van der Waals surface area contributed by atoms with Gasteiger partial charge in [-0.25, -0.2) is 28.3 Å². The number of pyridine rings is 2. The van der Waals surface area contributed by atoms with Gasteiger partial charge in [-0.05, 0) is 77.0 Å². The first-order valence-corrected chi connectivity index (χ1v) is 25.4. The molecule has 19 nitrogen and oxygen atoms in total. The molecule has 2 aliphatic rings. The number of unbranched alkanes of at least 4 members (excludes halogenated alkanes) is 4. The van der Waals surface area contributed by atoms with Gasteiger partial charge in [-0.15, -0.1) is 0 Å². The number of carbonyl (C=O) groups is 9. The number of hydrogen-bond acceptors (Lipinski definition) is 15. The summed E-state index contributed by atoms with van der Waals surface area (Å²) in [7, 11) is 0. The highest BCUT2D eigenvalue weighted by molar-refractivity contribution is 8.13. The van der Waals surface area contributed by atoms with Crippen molar-refractivity contribution in [2.75, 3.05) is 11.5 Å². The van der Waals surface area contributed by atoms with Crippen molar-refractivity contribution in [2.45, 2.75) is 136 Å². The number of ether oxygens (including phenoxy) is 2. The number of carbonyl (C=O) groups excluding carboxylic acids is 9. The van der Waals surface area contributed by atoms with Crippen LogP contribution in [0.3, 0.4) is 0 Å². The van der Waals surface area contributed by atoms with Crippen LogP contribution < -0.4 is 31.9 Å². The van der Waals surface area contributed by atoms with Crippen LogP contribution in [0.4, 0.5) is 8.78 Å². The van der Waals surface area contributed by atoms with Crippen LogP contribution in [-0.2, 0) is 56.1 Å². The van der Waals surface area contributed by atoms with Gasteiger partial charge in [-0.3, -0.25) is 33.6 Å². The summed E-state index contributed by atoms with van der Waals surface area (Å²) in [5.41, 5.74) is -0.662. The molecular formula is C50H64F2N8O11S2. The molecule has 0 radical (unpaired) electrons. The smallest absolute Gasteiger partial charge is 0.328 e. The van der Waals surface area contributed by atoms with E-state index in [1.54, 1.807) is 24.3 Å². The van der Waals surface area contributed by atoms with Crippen LogP contribution >= 0.6 is 24.4 Å². The normalized spacial score (nSPS) is 21.0. The Hall–Kier alpha value is -6.75. The third-order valence-electron chi connectivity index (χ3n) is 10.4. The fourth-order valence-corrected chi connectivity index (χ4v) is 7.44. The number of aromatic nitrogens is 2.